The first kappa shape index (κ1) is 30.6. The van der Waals surface area contributed by atoms with Crippen molar-refractivity contribution in [1.82, 2.24) is 9.88 Å². The van der Waals surface area contributed by atoms with Crippen molar-refractivity contribution in [2.24, 2.45) is 0 Å². The number of amides is 3. The molecule has 0 spiro atoms. The van der Waals surface area contributed by atoms with Crippen LogP contribution in [0.25, 0.3) is 16.6 Å². The van der Waals surface area contributed by atoms with Gasteiger partial charge in [-0.2, -0.15) is 0 Å². The first-order valence-corrected chi connectivity index (χ1v) is 14.5. The molecule has 10 heteroatoms. The topological polar surface area (TPSA) is 139 Å². The number of fused-ring (bicyclic) bond motifs is 1. The Hall–Kier alpha value is -5.90. The number of nitrogens with one attached hydrogen (secondary N) is 3. The van der Waals surface area contributed by atoms with Crippen molar-refractivity contribution >= 4 is 46.5 Å². The number of aromatic carboxylic acids is 1. The summed E-state index contributed by atoms with van der Waals surface area (Å²) in [4.78, 5) is 48.7. The summed E-state index contributed by atoms with van der Waals surface area (Å²) in [5.41, 5.74) is 3.46. The molecule has 0 atom stereocenters. The molecule has 0 aliphatic rings. The predicted octanol–water partition coefficient (Wildman–Crippen LogP) is 7.50. The number of urea groups is 1. The van der Waals surface area contributed by atoms with Gasteiger partial charge in [0.25, 0.3) is 5.91 Å². The standard InChI is InChI=1S/C35H32N4O6/c1-3-24(4-2)37-35(44)38-26-13-18-32(30(19-26)34(42)43)45-28-16-11-25(12-17-28)36-33(41)22-9-14-27(15-10-22)39-20-23(21-40)29-7-5-6-8-31(29)39/h5-21,24H,3-4H2,1-2H3,(H,36,41)(H,42,43)(H2,37,38,44). The molecule has 4 N–H and O–H groups in total. The molecule has 0 saturated carbocycles. The number of carboxylic acids is 1. The number of para-hydroxylation sites is 1. The van der Waals surface area contributed by atoms with Crippen molar-refractivity contribution in [2.75, 3.05) is 10.6 Å². The van der Waals surface area contributed by atoms with Crippen molar-refractivity contribution < 1.29 is 29.0 Å². The third-order valence-electron chi connectivity index (χ3n) is 7.41. The molecular formula is C35H32N4O6. The third-order valence-corrected chi connectivity index (χ3v) is 7.41. The summed E-state index contributed by atoms with van der Waals surface area (Å²) >= 11 is 0. The van der Waals surface area contributed by atoms with Crippen LogP contribution >= 0.6 is 0 Å². The molecule has 0 unspecified atom stereocenters. The highest BCUT2D eigenvalue weighted by molar-refractivity contribution is 6.04. The van der Waals surface area contributed by atoms with E-state index in [4.69, 9.17) is 4.74 Å². The number of anilines is 2. The summed E-state index contributed by atoms with van der Waals surface area (Å²) in [6, 6.07) is 25.2. The summed E-state index contributed by atoms with van der Waals surface area (Å²) in [5, 5.41) is 18.9. The lowest BCUT2D eigenvalue weighted by molar-refractivity contribution is 0.0693. The smallest absolute Gasteiger partial charge is 0.339 e. The second kappa shape index (κ2) is 13.6. The summed E-state index contributed by atoms with van der Waals surface area (Å²) in [6.07, 6.45) is 4.16. The number of hydrogen-bond donors (Lipinski definition) is 4. The van der Waals surface area contributed by atoms with Gasteiger partial charge >= 0.3 is 12.0 Å². The van der Waals surface area contributed by atoms with Gasteiger partial charge in [-0.25, -0.2) is 9.59 Å². The number of carbonyl (C=O) groups is 4. The largest absolute Gasteiger partial charge is 0.478 e. The van der Waals surface area contributed by atoms with Crippen LogP contribution < -0.4 is 20.7 Å². The van der Waals surface area contributed by atoms with Crippen molar-refractivity contribution in [1.29, 1.82) is 0 Å². The lowest BCUT2D eigenvalue weighted by Gasteiger charge is -2.16. The minimum absolute atomic E-state index is 0.0230. The minimum Gasteiger partial charge on any atom is -0.478 e. The van der Waals surface area contributed by atoms with E-state index in [1.54, 1.807) is 48.7 Å². The van der Waals surface area contributed by atoms with Crippen LogP contribution in [0, 0.1) is 0 Å². The van der Waals surface area contributed by atoms with Crippen LogP contribution in [0.2, 0.25) is 0 Å². The molecule has 1 aromatic heterocycles. The quantitative estimate of drug-likeness (QED) is 0.115. The van der Waals surface area contributed by atoms with Gasteiger partial charge in [0, 0.05) is 45.8 Å². The van der Waals surface area contributed by atoms with Crippen molar-refractivity contribution in [3.05, 3.63) is 114 Å². The fourth-order valence-electron chi connectivity index (χ4n) is 4.93. The second-order valence-corrected chi connectivity index (χ2v) is 10.3. The number of aldehydes is 1. The Morgan fingerprint density at radius 3 is 2.22 bits per heavy atom. The van der Waals surface area contributed by atoms with Gasteiger partial charge in [-0.05, 0) is 85.6 Å². The van der Waals surface area contributed by atoms with E-state index in [-0.39, 0.29) is 23.3 Å². The van der Waals surface area contributed by atoms with E-state index in [0.29, 0.717) is 28.3 Å². The number of rotatable bonds is 11. The Balaban J connectivity index is 1.23. The van der Waals surface area contributed by atoms with E-state index in [9.17, 15) is 24.3 Å². The average Bonchev–Trinajstić information content (AvgIpc) is 3.44. The average molecular weight is 605 g/mol. The van der Waals surface area contributed by atoms with Crippen LogP contribution in [0.1, 0.15) is 57.8 Å². The maximum Gasteiger partial charge on any atom is 0.339 e. The van der Waals surface area contributed by atoms with Crippen molar-refractivity contribution in [2.45, 2.75) is 32.7 Å². The van der Waals surface area contributed by atoms with Gasteiger partial charge in [-0.3, -0.25) is 9.59 Å². The Bertz CT molecular complexity index is 1860. The molecule has 0 saturated heterocycles. The van der Waals surface area contributed by atoms with E-state index in [0.717, 1.165) is 35.7 Å². The van der Waals surface area contributed by atoms with E-state index < -0.39 is 12.0 Å². The lowest BCUT2D eigenvalue weighted by atomic mass is 10.1. The van der Waals surface area contributed by atoms with Crippen LogP contribution in [0.15, 0.2) is 97.2 Å². The number of benzene rings is 4. The molecule has 10 nitrogen and oxygen atoms in total. The van der Waals surface area contributed by atoms with E-state index in [2.05, 4.69) is 16.0 Å². The molecule has 45 heavy (non-hydrogen) atoms. The normalized spacial score (nSPS) is 10.8. The first-order valence-electron chi connectivity index (χ1n) is 14.5. The zero-order valence-corrected chi connectivity index (χ0v) is 24.7. The summed E-state index contributed by atoms with van der Waals surface area (Å²) in [5.74, 6) is -1.06. The fourth-order valence-corrected chi connectivity index (χ4v) is 4.93. The number of carboxylic acid groups (broad SMARTS) is 1. The molecule has 5 rings (SSSR count). The third kappa shape index (κ3) is 7.02. The maximum atomic E-state index is 12.9. The predicted molar refractivity (Wildman–Crippen MR) is 173 cm³/mol. The molecule has 1 heterocycles. The van der Waals surface area contributed by atoms with Crippen LogP contribution in [0.5, 0.6) is 11.5 Å². The van der Waals surface area contributed by atoms with Gasteiger partial charge in [0.1, 0.15) is 17.1 Å². The second-order valence-electron chi connectivity index (χ2n) is 10.3. The molecule has 0 aliphatic heterocycles. The number of hydrogen-bond acceptors (Lipinski definition) is 5. The molecule has 0 fully saturated rings. The highest BCUT2D eigenvalue weighted by atomic mass is 16.5. The number of carbonyl (C=O) groups excluding carboxylic acids is 3. The molecule has 0 aliphatic carbocycles. The van der Waals surface area contributed by atoms with Crippen LogP contribution in [0.3, 0.4) is 0 Å². The highest BCUT2D eigenvalue weighted by Crippen LogP contribution is 2.29. The monoisotopic (exact) mass is 604 g/mol. The van der Waals surface area contributed by atoms with Gasteiger partial charge in [0.15, 0.2) is 6.29 Å². The van der Waals surface area contributed by atoms with Gasteiger partial charge in [-0.1, -0.05) is 32.0 Å². The molecule has 4 aromatic carbocycles. The molecule has 0 bridgehead atoms. The van der Waals surface area contributed by atoms with Crippen LogP contribution in [-0.4, -0.2) is 39.9 Å². The fraction of sp³-hybridized carbons (Fsp3) is 0.143. The maximum absolute atomic E-state index is 12.9. The SMILES string of the molecule is CCC(CC)NC(=O)Nc1ccc(Oc2ccc(NC(=O)c3ccc(-n4cc(C=O)c5ccccc54)cc3)cc2)c(C(=O)O)c1. The first-order chi connectivity index (χ1) is 21.8. The van der Waals surface area contributed by atoms with Crippen LogP contribution in [-0.2, 0) is 0 Å². The van der Waals surface area contributed by atoms with E-state index in [1.165, 1.54) is 12.1 Å². The molecule has 3 amide bonds. The lowest BCUT2D eigenvalue weighted by Crippen LogP contribution is -2.37. The number of ether oxygens (including phenoxy) is 1. The molecule has 5 aromatic rings. The minimum atomic E-state index is -1.21. The van der Waals surface area contributed by atoms with Gasteiger partial charge < -0.3 is 30.4 Å². The Morgan fingerprint density at radius 1 is 0.867 bits per heavy atom. The summed E-state index contributed by atoms with van der Waals surface area (Å²) in [7, 11) is 0. The number of aromatic nitrogens is 1. The molecule has 0 radical (unpaired) electrons. The van der Waals surface area contributed by atoms with Crippen molar-refractivity contribution in [3.63, 3.8) is 0 Å². The van der Waals surface area contributed by atoms with Crippen LogP contribution in [0.4, 0.5) is 16.2 Å². The Morgan fingerprint density at radius 2 is 1.56 bits per heavy atom. The summed E-state index contributed by atoms with van der Waals surface area (Å²) < 4.78 is 7.73. The zero-order valence-electron chi connectivity index (χ0n) is 24.7. The van der Waals surface area contributed by atoms with Crippen molar-refractivity contribution in [3.8, 4) is 17.2 Å². The summed E-state index contributed by atoms with van der Waals surface area (Å²) in [6.45, 7) is 3.95. The molecular weight excluding hydrogens is 572 g/mol. The highest BCUT2D eigenvalue weighted by Gasteiger charge is 2.16. The van der Waals surface area contributed by atoms with Gasteiger partial charge in [-0.15, -0.1) is 0 Å². The Labute approximate surface area is 259 Å². The Kier molecular flexibility index (Phi) is 9.23. The molecule has 228 valence electrons. The van der Waals surface area contributed by atoms with E-state index >= 15 is 0 Å². The van der Waals surface area contributed by atoms with Gasteiger partial charge in [0.05, 0.1) is 5.52 Å². The van der Waals surface area contributed by atoms with E-state index in [1.807, 2.05) is 54.8 Å². The number of nitrogens with zero attached hydrogens (tertiary/aromatic N) is 1. The van der Waals surface area contributed by atoms with Gasteiger partial charge in [0.2, 0.25) is 0 Å². The zero-order chi connectivity index (χ0) is 31.9.